The number of thioether (sulfide) groups is 1. The molecule has 0 fully saturated rings. The zero-order valence-electron chi connectivity index (χ0n) is 9.30. The van der Waals surface area contributed by atoms with Crippen LogP contribution in [0.4, 0.5) is 0 Å². The lowest BCUT2D eigenvalue weighted by Crippen LogP contribution is -2.33. The number of carbonyl (C=O) groups excluding carboxylic acids is 1. The number of hydrogen-bond donors (Lipinski definition) is 1. The van der Waals surface area contributed by atoms with Gasteiger partial charge >= 0.3 is 5.97 Å². The van der Waals surface area contributed by atoms with Crippen LogP contribution in [0.15, 0.2) is 4.52 Å². The minimum absolute atomic E-state index is 0.410. The van der Waals surface area contributed by atoms with E-state index in [4.69, 9.17) is 10.3 Å². The number of rotatable bonds is 6. The second kappa shape index (κ2) is 6.49. The lowest BCUT2D eigenvalue weighted by Gasteiger charge is -2.06. The summed E-state index contributed by atoms with van der Waals surface area (Å²) in [6, 6.07) is -0.608. The summed E-state index contributed by atoms with van der Waals surface area (Å²) in [4.78, 5) is 15.1. The predicted molar refractivity (Wildman–Crippen MR) is 59.8 cm³/mol. The van der Waals surface area contributed by atoms with Gasteiger partial charge in [-0.05, 0) is 0 Å². The molecule has 1 unspecified atom stereocenters. The van der Waals surface area contributed by atoms with Crippen molar-refractivity contribution in [3.8, 4) is 0 Å². The third kappa shape index (κ3) is 3.82. The van der Waals surface area contributed by atoms with Crippen LogP contribution >= 0.6 is 11.8 Å². The molecule has 7 heteroatoms. The fourth-order valence-electron chi connectivity index (χ4n) is 0.985. The lowest BCUT2D eigenvalue weighted by atomic mass is 10.4. The van der Waals surface area contributed by atoms with E-state index in [1.54, 1.807) is 0 Å². The average Bonchev–Trinajstić information content (AvgIpc) is 2.75. The first-order valence-corrected chi connectivity index (χ1v) is 6.05. The second-order valence-corrected chi connectivity index (χ2v) is 4.13. The molecule has 0 radical (unpaired) electrons. The number of ether oxygens (including phenoxy) is 1. The molecule has 1 heterocycles. The number of esters is 1. The molecule has 0 amide bonds. The quantitative estimate of drug-likeness (QED) is 0.724. The number of nitrogens with zero attached hydrogens (tertiary/aromatic N) is 2. The van der Waals surface area contributed by atoms with Crippen LogP contribution in [0.2, 0.25) is 0 Å². The number of nitrogens with two attached hydrogens (primary N) is 1. The molecule has 0 bridgehead atoms. The molecule has 0 saturated carbocycles. The molecule has 1 rings (SSSR count). The number of aromatic nitrogens is 2. The van der Waals surface area contributed by atoms with Crippen molar-refractivity contribution < 1.29 is 14.1 Å². The number of methoxy groups -OCH3 is 1. The van der Waals surface area contributed by atoms with Crippen molar-refractivity contribution in [1.29, 1.82) is 0 Å². The molecule has 16 heavy (non-hydrogen) atoms. The first-order chi connectivity index (χ1) is 7.67. The van der Waals surface area contributed by atoms with E-state index in [2.05, 4.69) is 14.9 Å². The van der Waals surface area contributed by atoms with Crippen LogP contribution in [0.25, 0.3) is 0 Å². The topological polar surface area (TPSA) is 91.2 Å². The van der Waals surface area contributed by atoms with Crippen molar-refractivity contribution in [1.82, 2.24) is 10.1 Å². The zero-order valence-corrected chi connectivity index (χ0v) is 10.1. The Hall–Kier alpha value is -1.08. The van der Waals surface area contributed by atoms with E-state index in [0.717, 1.165) is 6.42 Å². The molecule has 0 saturated heterocycles. The van der Waals surface area contributed by atoms with Crippen molar-refractivity contribution in [2.75, 3.05) is 12.9 Å². The van der Waals surface area contributed by atoms with E-state index in [1.807, 2.05) is 6.92 Å². The monoisotopic (exact) mass is 245 g/mol. The van der Waals surface area contributed by atoms with Crippen molar-refractivity contribution in [2.24, 2.45) is 5.73 Å². The summed E-state index contributed by atoms with van der Waals surface area (Å²) in [5, 5.41) is 3.76. The van der Waals surface area contributed by atoms with Crippen LogP contribution in [0.3, 0.4) is 0 Å². The van der Waals surface area contributed by atoms with Crippen molar-refractivity contribution in [2.45, 2.75) is 25.1 Å². The van der Waals surface area contributed by atoms with Crippen molar-refractivity contribution in [3.05, 3.63) is 11.7 Å². The maximum atomic E-state index is 11.0. The Kier molecular flexibility index (Phi) is 5.27. The smallest absolute Gasteiger partial charge is 0.323 e. The molecule has 0 aromatic carbocycles. The lowest BCUT2D eigenvalue weighted by molar-refractivity contribution is -0.141. The molecule has 1 aromatic rings. The molecule has 0 spiro atoms. The minimum atomic E-state index is -0.608. The molecule has 90 valence electrons. The van der Waals surface area contributed by atoms with Gasteiger partial charge in [-0.25, -0.2) is 0 Å². The third-order valence-corrected chi connectivity index (χ3v) is 2.90. The van der Waals surface area contributed by atoms with E-state index in [9.17, 15) is 4.79 Å². The van der Waals surface area contributed by atoms with E-state index in [-0.39, 0.29) is 0 Å². The normalized spacial score (nSPS) is 12.4. The third-order valence-electron chi connectivity index (χ3n) is 1.85. The first-order valence-electron chi connectivity index (χ1n) is 4.90. The number of hydrogen-bond acceptors (Lipinski definition) is 7. The van der Waals surface area contributed by atoms with Crippen LogP contribution in [0, 0.1) is 0 Å². The minimum Gasteiger partial charge on any atom is -0.468 e. The van der Waals surface area contributed by atoms with Crippen LogP contribution in [0.1, 0.15) is 18.6 Å². The molecular formula is C9H15N3O3S. The summed E-state index contributed by atoms with van der Waals surface area (Å²) in [6.45, 7) is 1.95. The molecule has 1 atom stereocenters. The van der Waals surface area contributed by atoms with Gasteiger partial charge in [0, 0.05) is 12.2 Å². The Labute approximate surface area is 97.9 Å². The maximum absolute atomic E-state index is 11.0. The SMILES string of the molecule is CCc1noc(CSCC(N)C(=O)OC)n1. The summed E-state index contributed by atoms with van der Waals surface area (Å²) in [6.07, 6.45) is 0.746. The zero-order chi connectivity index (χ0) is 12.0. The summed E-state index contributed by atoms with van der Waals surface area (Å²) in [7, 11) is 1.32. The van der Waals surface area contributed by atoms with Gasteiger partial charge in [0.15, 0.2) is 5.82 Å². The van der Waals surface area contributed by atoms with Gasteiger partial charge in [0.1, 0.15) is 6.04 Å². The molecule has 1 aromatic heterocycles. The maximum Gasteiger partial charge on any atom is 0.323 e. The summed E-state index contributed by atoms with van der Waals surface area (Å²) >= 11 is 1.46. The summed E-state index contributed by atoms with van der Waals surface area (Å²) in [5.41, 5.74) is 5.56. The fraction of sp³-hybridized carbons (Fsp3) is 0.667. The van der Waals surface area contributed by atoms with Crippen LogP contribution in [-0.4, -0.2) is 35.0 Å². The Morgan fingerprint density at radius 1 is 1.69 bits per heavy atom. The Morgan fingerprint density at radius 2 is 2.44 bits per heavy atom. The fourth-order valence-corrected chi connectivity index (χ4v) is 1.78. The van der Waals surface area contributed by atoms with E-state index >= 15 is 0 Å². The first kappa shape index (κ1) is 13.0. The Balaban J connectivity index is 2.27. The molecule has 0 aliphatic heterocycles. The second-order valence-electron chi connectivity index (χ2n) is 3.10. The average molecular weight is 245 g/mol. The standard InChI is InChI=1S/C9H15N3O3S/c1-3-7-11-8(15-12-7)5-16-4-6(10)9(13)14-2/h6H,3-5,10H2,1-2H3. The van der Waals surface area contributed by atoms with Gasteiger partial charge in [0.2, 0.25) is 5.89 Å². The van der Waals surface area contributed by atoms with Gasteiger partial charge in [-0.3, -0.25) is 4.79 Å². The Bertz CT molecular complexity index is 342. The largest absolute Gasteiger partial charge is 0.468 e. The summed E-state index contributed by atoms with van der Waals surface area (Å²) in [5.74, 6) is 1.85. The van der Waals surface area contributed by atoms with Gasteiger partial charge < -0.3 is 15.0 Å². The Morgan fingerprint density at radius 3 is 3.00 bits per heavy atom. The van der Waals surface area contributed by atoms with Crippen molar-refractivity contribution >= 4 is 17.7 Å². The predicted octanol–water partition coefficient (Wildman–Crippen LogP) is 0.365. The highest BCUT2D eigenvalue weighted by molar-refractivity contribution is 7.98. The summed E-state index contributed by atoms with van der Waals surface area (Å²) < 4.78 is 9.49. The van der Waals surface area contributed by atoms with Crippen LogP contribution in [-0.2, 0) is 21.7 Å². The van der Waals surface area contributed by atoms with Gasteiger partial charge in [0.25, 0.3) is 0 Å². The molecule has 0 aliphatic rings. The van der Waals surface area contributed by atoms with Gasteiger partial charge in [-0.1, -0.05) is 12.1 Å². The van der Waals surface area contributed by atoms with Crippen LogP contribution in [0.5, 0.6) is 0 Å². The van der Waals surface area contributed by atoms with E-state index in [1.165, 1.54) is 18.9 Å². The van der Waals surface area contributed by atoms with Gasteiger partial charge in [-0.15, -0.1) is 11.8 Å². The van der Waals surface area contributed by atoms with Crippen LogP contribution < -0.4 is 5.73 Å². The molecule has 6 nitrogen and oxygen atoms in total. The molecular weight excluding hydrogens is 230 g/mol. The van der Waals surface area contributed by atoms with Gasteiger partial charge in [-0.2, -0.15) is 4.98 Å². The highest BCUT2D eigenvalue weighted by Crippen LogP contribution is 2.11. The van der Waals surface area contributed by atoms with E-state index in [0.29, 0.717) is 23.2 Å². The highest BCUT2D eigenvalue weighted by Gasteiger charge is 2.14. The molecule has 2 N–H and O–H groups in total. The van der Waals surface area contributed by atoms with Crippen molar-refractivity contribution in [3.63, 3.8) is 0 Å². The number of aryl methyl sites for hydroxylation is 1. The van der Waals surface area contributed by atoms with E-state index < -0.39 is 12.0 Å². The highest BCUT2D eigenvalue weighted by atomic mass is 32.2. The number of carbonyl (C=O) groups is 1. The molecule has 0 aliphatic carbocycles. The van der Waals surface area contributed by atoms with Gasteiger partial charge in [0.05, 0.1) is 12.9 Å².